The van der Waals surface area contributed by atoms with Crippen LogP contribution in [0.3, 0.4) is 0 Å². The van der Waals surface area contributed by atoms with Crippen molar-refractivity contribution in [2.75, 3.05) is 29.4 Å². The van der Waals surface area contributed by atoms with E-state index in [1.165, 1.54) is 0 Å². The minimum Gasteiger partial charge on any atom is -0.354 e. The molecule has 0 saturated carbocycles. The van der Waals surface area contributed by atoms with Crippen molar-refractivity contribution < 1.29 is 0 Å². The van der Waals surface area contributed by atoms with Crippen LogP contribution in [0.1, 0.15) is 12.8 Å². The maximum absolute atomic E-state index is 6.24. The standard InChI is InChI=1S/C18H17ClN6/c19-15-11-14-13(3-1-6-20-14)16(23-15)24-9-4-18(12-24)5-10-25(18)17-21-7-2-8-22-17/h1-3,6-8,11H,4-5,9-10,12H2. The lowest BCUT2D eigenvalue weighted by molar-refractivity contribution is 0.298. The zero-order valence-corrected chi connectivity index (χ0v) is 14.4. The van der Waals surface area contributed by atoms with Crippen LogP contribution in [0.5, 0.6) is 0 Å². The van der Waals surface area contributed by atoms with E-state index in [0.717, 1.165) is 55.1 Å². The summed E-state index contributed by atoms with van der Waals surface area (Å²) in [4.78, 5) is 22.6. The van der Waals surface area contributed by atoms with Crippen LogP contribution < -0.4 is 9.80 Å². The number of hydrogen-bond donors (Lipinski definition) is 0. The van der Waals surface area contributed by atoms with E-state index in [-0.39, 0.29) is 5.54 Å². The molecule has 1 unspecified atom stereocenters. The first kappa shape index (κ1) is 14.8. The fraction of sp³-hybridized carbons (Fsp3) is 0.333. The Morgan fingerprint density at radius 2 is 1.80 bits per heavy atom. The SMILES string of the molecule is Clc1cc2ncccc2c(N2CCC3(CCN3c3ncccn3)C2)n1. The minimum absolute atomic E-state index is 0.0971. The third-order valence-corrected chi connectivity index (χ3v) is 5.54. The second-order valence-electron chi connectivity index (χ2n) is 6.69. The average molecular weight is 353 g/mol. The molecule has 0 N–H and O–H groups in total. The van der Waals surface area contributed by atoms with Crippen molar-refractivity contribution in [3.8, 4) is 0 Å². The van der Waals surface area contributed by atoms with Gasteiger partial charge in [-0.3, -0.25) is 4.98 Å². The van der Waals surface area contributed by atoms with E-state index < -0.39 is 0 Å². The summed E-state index contributed by atoms with van der Waals surface area (Å²) < 4.78 is 0. The van der Waals surface area contributed by atoms with E-state index >= 15 is 0 Å². The van der Waals surface area contributed by atoms with Crippen molar-refractivity contribution in [2.24, 2.45) is 0 Å². The predicted octanol–water partition coefficient (Wildman–Crippen LogP) is 2.93. The molecule has 3 aromatic rings. The number of aromatic nitrogens is 4. The van der Waals surface area contributed by atoms with Crippen LogP contribution in [0.25, 0.3) is 10.9 Å². The molecule has 0 amide bonds. The number of hydrogen-bond acceptors (Lipinski definition) is 6. The lowest BCUT2D eigenvalue weighted by atomic mass is 9.84. The second kappa shape index (κ2) is 5.52. The van der Waals surface area contributed by atoms with E-state index in [4.69, 9.17) is 11.6 Å². The van der Waals surface area contributed by atoms with Crippen molar-refractivity contribution in [3.63, 3.8) is 0 Å². The maximum atomic E-state index is 6.24. The summed E-state index contributed by atoms with van der Waals surface area (Å²) in [6.45, 7) is 2.85. The minimum atomic E-state index is 0.0971. The zero-order chi connectivity index (χ0) is 16.9. The Labute approximate surface area is 150 Å². The molecule has 2 aliphatic heterocycles. The first-order valence-corrected chi connectivity index (χ1v) is 8.84. The number of fused-ring (bicyclic) bond motifs is 1. The Bertz CT molecular complexity index is 933. The lowest BCUT2D eigenvalue weighted by Gasteiger charge is -2.50. The molecule has 0 radical (unpaired) electrons. The first-order valence-electron chi connectivity index (χ1n) is 8.46. The number of pyridine rings is 2. The van der Waals surface area contributed by atoms with Crippen molar-refractivity contribution in [1.82, 2.24) is 19.9 Å². The topological polar surface area (TPSA) is 58.0 Å². The lowest BCUT2D eigenvalue weighted by Crippen LogP contribution is -2.62. The van der Waals surface area contributed by atoms with E-state index in [2.05, 4.69) is 35.8 Å². The van der Waals surface area contributed by atoms with Crippen LogP contribution in [0.2, 0.25) is 5.15 Å². The molecule has 2 aliphatic rings. The number of anilines is 2. The fourth-order valence-corrected chi connectivity index (χ4v) is 4.20. The number of halogens is 1. The third kappa shape index (κ3) is 2.32. The highest BCUT2D eigenvalue weighted by Crippen LogP contribution is 2.43. The quantitative estimate of drug-likeness (QED) is 0.661. The van der Waals surface area contributed by atoms with Crippen molar-refractivity contribution in [1.29, 1.82) is 0 Å². The molecule has 5 heterocycles. The Morgan fingerprint density at radius 1 is 1.00 bits per heavy atom. The maximum Gasteiger partial charge on any atom is 0.225 e. The summed E-state index contributed by atoms with van der Waals surface area (Å²) in [6, 6.07) is 7.68. The summed E-state index contributed by atoms with van der Waals surface area (Å²) in [7, 11) is 0. The van der Waals surface area contributed by atoms with Gasteiger partial charge in [-0.1, -0.05) is 11.6 Å². The smallest absolute Gasteiger partial charge is 0.225 e. The van der Waals surface area contributed by atoms with Gasteiger partial charge in [-0.2, -0.15) is 0 Å². The third-order valence-electron chi connectivity index (χ3n) is 5.35. The van der Waals surface area contributed by atoms with Crippen LogP contribution >= 0.6 is 11.6 Å². The summed E-state index contributed by atoms with van der Waals surface area (Å²) >= 11 is 6.24. The van der Waals surface area contributed by atoms with Crippen LogP contribution in [0.15, 0.2) is 42.9 Å². The molecule has 0 aromatic carbocycles. The Hall–Kier alpha value is -2.47. The van der Waals surface area contributed by atoms with Crippen LogP contribution in [-0.2, 0) is 0 Å². The summed E-state index contributed by atoms with van der Waals surface area (Å²) in [5.74, 6) is 1.74. The predicted molar refractivity (Wildman–Crippen MR) is 98.1 cm³/mol. The van der Waals surface area contributed by atoms with E-state index in [1.54, 1.807) is 18.6 Å². The van der Waals surface area contributed by atoms with Gasteiger partial charge in [-0.05, 0) is 31.0 Å². The Morgan fingerprint density at radius 3 is 2.60 bits per heavy atom. The van der Waals surface area contributed by atoms with Crippen molar-refractivity contribution in [3.05, 3.63) is 48.0 Å². The highest BCUT2D eigenvalue weighted by atomic mass is 35.5. The highest BCUT2D eigenvalue weighted by Gasteiger charge is 2.50. The molecule has 25 heavy (non-hydrogen) atoms. The molecule has 7 heteroatoms. The molecule has 1 spiro atoms. The number of rotatable bonds is 2. The van der Waals surface area contributed by atoms with Gasteiger partial charge in [0.15, 0.2) is 0 Å². The first-order chi connectivity index (χ1) is 12.3. The van der Waals surface area contributed by atoms with Gasteiger partial charge in [-0.25, -0.2) is 15.0 Å². The fourth-order valence-electron chi connectivity index (χ4n) is 4.01. The molecule has 2 fully saturated rings. The van der Waals surface area contributed by atoms with Gasteiger partial charge in [0.25, 0.3) is 0 Å². The molecular weight excluding hydrogens is 336 g/mol. The van der Waals surface area contributed by atoms with Crippen molar-refractivity contribution in [2.45, 2.75) is 18.4 Å². The molecule has 6 nitrogen and oxygen atoms in total. The highest BCUT2D eigenvalue weighted by molar-refractivity contribution is 6.30. The van der Waals surface area contributed by atoms with E-state index in [0.29, 0.717) is 5.15 Å². The van der Waals surface area contributed by atoms with Crippen LogP contribution in [0, 0.1) is 0 Å². The molecule has 3 aromatic heterocycles. The average Bonchev–Trinajstić information content (AvgIpc) is 3.09. The summed E-state index contributed by atoms with van der Waals surface area (Å²) in [5, 5.41) is 1.53. The molecule has 2 saturated heterocycles. The van der Waals surface area contributed by atoms with Crippen LogP contribution in [-0.4, -0.2) is 45.1 Å². The van der Waals surface area contributed by atoms with Gasteiger partial charge < -0.3 is 9.80 Å². The zero-order valence-electron chi connectivity index (χ0n) is 13.6. The molecule has 126 valence electrons. The number of nitrogens with zero attached hydrogens (tertiary/aromatic N) is 6. The molecule has 1 atom stereocenters. The normalized spacial score (nSPS) is 22.6. The van der Waals surface area contributed by atoms with Gasteiger partial charge in [0.2, 0.25) is 5.95 Å². The van der Waals surface area contributed by atoms with E-state index in [9.17, 15) is 0 Å². The largest absolute Gasteiger partial charge is 0.354 e. The Kier molecular flexibility index (Phi) is 3.28. The second-order valence-corrected chi connectivity index (χ2v) is 7.07. The summed E-state index contributed by atoms with van der Waals surface area (Å²) in [5.41, 5.74) is 0.982. The Balaban J connectivity index is 1.49. The molecule has 5 rings (SSSR count). The van der Waals surface area contributed by atoms with E-state index in [1.807, 2.05) is 18.2 Å². The van der Waals surface area contributed by atoms with Crippen molar-refractivity contribution >= 4 is 34.3 Å². The van der Waals surface area contributed by atoms with Crippen LogP contribution in [0.4, 0.5) is 11.8 Å². The molecule has 0 bridgehead atoms. The molecule has 0 aliphatic carbocycles. The van der Waals surface area contributed by atoms with Gasteiger partial charge in [0.05, 0.1) is 11.1 Å². The molecular formula is C18H17ClN6. The van der Waals surface area contributed by atoms with Gasteiger partial charge in [0, 0.05) is 49.7 Å². The monoisotopic (exact) mass is 352 g/mol. The van der Waals surface area contributed by atoms with Gasteiger partial charge >= 0.3 is 0 Å². The van der Waals surface area contributed by atoms with Gasteiger partial charge in [0.1, 0.15) is 11.0 Å². The van der Waals surface area contributed by atoms with Gasteiger partial charge in [-0.15, -0.1) is 0 Å². The summed E-state index contributed by atoms with van der Waals surface area (Å²) in [6.07, 6.45) is 7.62.